The Balaban J connectivity index is 2.21. The highest BCUT2D eigenvalue weighted by atomic mass is 16.5. The van der Waals surface area contributed by atoms with Gasteiger partial charge in [-0.05, 0) is 65.7 Å². The minimum Gasteiger partial charge on any atom is -0.507 e. The largest absolute Gasteiger partial charge is 0.507 e. The Labute approximate surface area is 228 Å². The van der Waals surface area contributed by atoms with Crippen LogP contribution in [0.1, 0.15) is 88.2 Å². The Bertz CT molecular complexity index is 1200. The van der Waals surface area contributed by atoms with Gasteiger partial charge in [0.1, 0.15) is 11.5 Å². The first-order chi connectivity index (χ1) is 17.8. The number of hydrogen-bond donors (Lipinski definition) is 1. The van der Waals surface area contributed by atoms with Gasteiger partial charge in [0.05, 0.1) is 18.7 Å². The minimum atomic E-state index is -0.663. The van der Waals surface area contributed by atoms with Crippen molar-refractivity contribution in [3.05, 3.63) is 69.8 Å². The summed E-state index contributed by atoms with van der Waals surface area (Å²) in [5.74, 6) is -0.467. The molecule has 1 unspecified atom stereocenters. The fourth-order valence-electron chi connectivity index (χ4n) is 5.14. The molecule has 0 aliphatic carbocycles. The number of hydrogen-bond acceptors (Lipinski definition) is 5. The molecule has 1 N–H and O–H groups in total. The molecule has 38 heavy (non-hydrogen) atoms. The molecule has 1 amide bonds. The van der Waals surface area contributed by atoms with Gasteiger partial charge in [0.25, 0.3) is 11.7 Å². The molecule has 1 aliphatic heterocycles. The first-order valence-electron chi connectivity index (χ1n) is 13.7. The molecule has 0 saturated carbocycles. The van der Waals surface area contributed by atoms with Crippen molar-refractivity contribution in [2.24, 2.45) is 0 Å². The summed E-state index contributed by atoms with van der Waals surface area (Å²) in [5.41, 5.74) is 4.34. The Morgan fingerprint density at radius 2 is 1.68 bits per heavy atom. The van der Waals surface area contributed by atoms with Crippen LogP contribution in [-0.2, 0) is 15.0 Å². The number of likely N-dealkylation sites (tertiary alicyclic amines) is 1. The molecule has 1 fully saturated rings. The van der Waals surface area contributed by atoms with Crippen molar-refractivity contribution in [3.63, 3.8) is 0 Å². The van der Waals surface area contributed by atoms with Crippen molar-refractivity contribution < 1.29 is 19.4 Å². The first kappa shape index (κ1) is 29.4. The number of benzene rings is 2. The zero-order valence-electron chi connectivity index (χ0n) is 24.5. The van der Waals surface area contributed by atoms with Gasteiger partial charge in [0, 0.05) is 18.7 Å². The van der Waals surface area contributed by atoms with E-state index in [9.17, 15) is 14.7 Å². The molecular formula is C32H44N2O4. The van der Waals surface area contributed by atoms with Crippen molar-refractivity contribution in [1.82, 2.24) is 9.80 Å². The van der Waals surface area contributed by atoms with E-state index in [4.69, 9.17) is 4.74 Å². The predicted molar refractivity (Wildman–Crippen MR) is 154 cm³/mol. The fraction of sp³-hybridized carbons (Fsp3) is 0.500. The highest BCUT2D eigenvalue weighted by Gasteiger charge is 2.46. The summed E-state index contributed by atoms with van der Waals surface area (Å²) in [6.07, 6.45) is 0. The van der Waals surface area contributed by atoms with E-state index < -0.39 is 17.7 Å². The van der Waals surface area contributed by atoms with Crippen LogP contribution in [0.2, 0.25) is 0 Å². The molecule has 1 saturated heterocycles. The lowest BCUT2D eigenvalue weighted by Gasteiger charge is -2.29. The maximum Gasteiger partial charge on any atom is 0.295 e. The zero-order chi connectivity index (χ0) is 28.4. The summed E-state index contributed by atoms with van der Waals surface area (Å²) in [4.78, 5) is 30.8. The number of likely N-dealkylation sites (N-methyl/N-ethyl adjacent to an activating group) is 1. The van der Waals surface area contributed by atoms with Crippen molar-refractivity contribution in [3.8, 4) is 5.75 Å². The molecule has 1 atom stereocenters. The van der Waals surface area contributed by atoms with E-state index in [0.29, 0.717) is 18.7 Å². The number of aryl methyl sites for hydroxylation is 1. The molecule has 6 heteroatoms. The second-order valence-electron chi connectivity index (χ2n) is 11.5. The Hall–Kier alpha value is -3.12. The van der Waals surface area contributed by atoms with Crippen LogP contribution in [0.25, 0.3) is 5.76 Å². The van der Waals surface area contributed by atoms with E-state index in [2.05, 4.69) is 65.5 Å². The summed E-state index contributed by atoms with van der Waals surface area (Å²) in [6.45, 7) is 19.4. The molecule has 6 nitrogen and oxygen atoms in total. The van der Waals surface area contributed by atoms with Gasteiger partial charge in [-0.2, -0.15) is 0 Å². The first-order valence-corrected chi connectivity index (χ1v) is 13.7. The van der Waals surface area contributed by atoms with Crippen LogP contribution in [0.4, 0.5) is 0 Å². The Kier molecular flexibility index (Phi) is 9.09. The van der Waals surface area contributed by atoms with Gasteiger partial charge in [0.15, 0.2) is 0 Å². The standard InChI is InChI=1S/C32H44N2O4/c1-10-33(11-2)16-17-34-28(22-12-14-23(15-13-22)32(6,7)8)27(30(36)31(34)37)29(35)25-19-24(20(3)4)26(38-9)18-21(25)5/h12-15,18-20,28,35H,10-11,16-17H2,1-9H3/b29-27+. The van der Waals surface area contributed by atoms with E-state index in [-0.39, 0.29) is 22.7 Å². The average Bonchev–Trinajstić information content (AvgIpc) is 3.13. The quantitative estimate of drug-likeness (QED) is 0.243. The molecular weight excluding hydrogens is 476 g/mol. The molecule has 206 valence electrons. The Morgan fingerprint density at radius 3 is 2.18 bits per heavy atom. The van der Waals surface area contributed by atoms with Gasteiger partial charge in [-0.1, -0.05) is 72.7 Å². The lowest BCUT2D eigenvalue weighted by atomic mass is 9.85. The van der Waals surface area contributed by atoms with Crippen LogP contribution in [0.15, 0.2) is 42.0 Å². The average molecular weight is 521 g/mol. The number of carbonyl (C=O) groups is 2. The highest BCUT2D eigenvalue weighted by Crippen LogP contribution is 2.41. The van der Waals surface area contributed by atoms with E-state index in [0.717, 1.165) is 41.1 Å². The third-order valence-electron chi connectivity index (χ3n) is 7.64. The second kappa shape index (κ2) is 11.7. The molecule has 2 aromatic carbocycles. The van der Waals surface area contributed by atoms with E-state index in [1.54, 1.807) is 12.0 Å². The van der Waals surface area contributed by atoms with E-state index in [1.807, 2.05) is 31.2 Å². The number of aliphatic hydroxyl groups is 1. The molecule has 2 aromatic rings. The summed E-state index contributed by atoms with van der Waals surface area (Å²) in [5, 5.41) is 11.7. The van der Waals surface area contributed by atoms with E-state index >= 15 is 0 Å². The molecule has 0 radical (unpaired) electrons. The highest BCUT2D eigenvalue weighted by molar-refractivity contribution is 6.46. The third kappa shape index (κ3) is 5.80. The van der Waals surface area contributed by atoms with Crippen LogP contribution in [0, 0.1) is 6.92 Å². The fourth-order valence-corrected chi connectivity index (χ4v) is 5.14. The lowest BCUT2D eigenvalue weighted by Crippen LogP contribution is -2.38. The Morgan fingerprint density at radius 1 is 1.08 bits per heavy atom. The van der Waals surface area contributed by atoms with Crippen LogP contribution in [0.3, 0.4) is 0 Å². The van der Waals surface area contributed by atoms with Crippen molar-refractivity contribution >= 4 is 17.4 Å². The van der Waals surface area contributed by atoms with Crippen molar-refractivity contribution in [1.29, 1.82) is 0 Å². The minimum absolute atomic E-state index is 0.0312. The number of carbonyl (C=O) groups excluding carboxylic acids is 2. The van der Waals surface area contributed by atoms with E-state index in [1.165, 1.54) is 0 Å². The normalized spacial score (nSPS) is 17.7. The van der Waals surface area contributed by atoms with Gasteiger partial charge in [-0.15, -0.1) is 0 Å². The van der Waals surface area contributed by atoms with Gasteiger partial charge in [-0.25, -0.2) is 0 Å². The van der Waals surface area contributed by atoms with Crippen LogP contribution in [0.5, 0.6) is 5.75 Å². The summed E-state index contributed by atoms with van der Waals surface area (Å²) >= 11 is 0. The number of amides is 1. The maximum atomic E-state index is 13.5. The monoisotopic (exact) mass is 520 g/mol. The van der Waals surface area contributed by atoms with Gasteiger partial charge >= 0.3 is 0 Å². The number of nitrogens with zero attached hydrogens (tertiary/aromatic N) is 2. The van der Waals surface area contributed by atoms with Crippen molar-refractivity contribution in [2.75, 3.05) is 33.3 Å². The number of aliphatic hydroxyl groups excluding tert-OH is 1. The van der Waals surface area contributed by atoms with Gasteiger partial charge < -0.3 is 19.6 Å². The predicted octanol–water partition coefficient (Wildman–Crippen LogP) is 6.19. The number of ketones is 1. The third-order valence-corrected chi connectivity index (χ3v) is 7.64. The molecule has 3 rings (SSSR count). The van der Waals surface area contributed by atoms with Crippen LogP contribution < -0.4 is 4.74 Å². The zero-order valence-corrected chi connectivity index (χ0v) is 24.5. The summed E-state index contributed by atoms with van der Waals surface area (Å²) in [7, 11) is 1.63. The van der Waals surface area contributed by atoms with Gasteiger partial charge in [-0.3, -0.25) is 9.59 Å². The summed E-state index contributed by atoms with van der Waals surface area (Å²) in [6, 6.07) is 11.2. The topological polar surface area (TPSA) is 70.1 Å². The van der Waals surface area contributed by atoms with Crippen LogP contribution >= 0.6 is 0 Å². The number of rotatable bonds is 9. The van der Waals surface area contributed by atoms with Crippen LogP contribution in [-0.4, -0.2) is 59.9 Å². The molecule has 1 aliphatic rings. The number of methoxy groups -OCH3 is 1. The molecule has 0 spiro atoms. The molecule has 0 aromatic heterocycles. The number of ether oxygens (including phenoxy) is 1. The summed E-state index contributed by atoms with van der Waals surface area (Å²) < 4.78 is 5.58. The van der Waals surface area contributed by atoms with Gasteiger partial charge in [0.2, 0.25) is 0 Å². The second-order valence-corrected chi connectivity index (χ2v) is 11.5. The number of Topliss-reactive ketones (excluding diaryl/α,β-unsaturated/α-hetero) is 1. The SMILES string of the molecule is CCN(CC)CCN1C(=O)C(=O)/C(=C(/O)c2cc(C(C)C)c(OC)cc2C)C1c1ccc(C(C)(C)C)cc1. The lowest BCUT2D eigenvalue weighted by molar-refractivity contribution is -0.140. The smallest absolute Gasteiger partial charge is 0.295 e. The maximum absolute atomic E-state index is 13.5. The molecule has 0 bridgehead atoms. The van der Waals surface area contributed by atoms with Crippen molar-refractivity contribution in [2.45, 2.75) is 72.8 Å². The molecule has 1 heterocycles.